The normalized spacial score (nSPS) is 13.2. The van der Waals surface area contributed by atoms with Crippen LogP contribution in [0, 0.1) is 5.92 Å². The SMILES string of the molecule is O=C([O-])CC(=O)[O-].[K+].[K+].[Li][C](C)(CCCCCC)C(CC)CCCCC. The minimum atomic E-state index is -1.63. The van der Waals surface area contributed by atoms with Crippen LogP contribution in [-0.2, 0) is 9.59 Å². The topological polar surface area (TPSA) is 80.3 Å². The van der Waals surface area contributed by atoms with Crippen molar-refractivity contribution in [2.24, 2.45) is 5.92 Å². The molecule has 0 aromatic heterocycles. The summed E-state index contributed by atoms with van der Waals surface area (Å²) in [7, 11) is 0. The van der Waals surface area contributed by atoms with Crippen LogP contribution in [0.15, 0.2) is 0 Å². The second-order valence-electron chi connectivity index (χ2n) is 7.32. The van der Waals surface area contributed by atoms with Gasteiger partial charge in [-0.3, -0.25) is 0 Å². The molecule has 0 aliphatic heterocycles. The molecule has 0 bridgehead atoms. The molecule has 0 heterocycles. The average molecular weight is 413 g/mol. The van der Waals surface area contributed by atoms with Crippen molar-refractivity contribution in [2.45, 2.75) is 102 Å². The van der Waals surface area contributed by atoms with E-state index in [-0.39, 0.29) is 103 Å². The van der Waals surface area contributed by atoms with Crippen molar-refractivity contribution in [1.82, 2.24) is 0 Å². The first kappa shape index (κ1) is 36.2. The zero-order valence-corrected chi connectivity index (χ0v) is 24.7. The molecule has 2 atom stereocenters. The molecule has 0 fully saturated rings. The Morgan fingerprint density at radius 3 is 1.69 bits per heavy atom. The van der Waals surface area contributed by atoms with Gasteiger partial charge in [-0.25, -0.2) is 0 Å². The second kappa shape index (κ2) is 24.1. The van der Waals surface area contributed by atoms with Crippen LogP contribution in [-0.4, -0.2) is 29.7 Å². The first-order valence-corrected chi connectivity index (χ1v) is 9.60. The minimum absolute atomic E-state index is 0. The molecule has 0 aromatic rings. The van der Waals surface area contributed by atoms with Crippen molar-refractivity contribution in [3.8, 4) is 0 Å². The molecule has 0 rings (SSSR count). The second-order valence-corrected chi connectivity index (χ2v) is 7.32. The van der Waals surface area contributed by atoms with Gasteiger partial charge < -0.3 is 19.8 Å². The van der Waals surface area contributed by atoms with E-state index in [2.05, 4.69) is 45.4 Å². The fraction of sp³-hybridized carbons (Fsp3) is 0.895. The number of unbranched alkanes of at least 4 members (excludes halogenated alkanes) is 5. The zero-order valence-electron chi connectivity index (χ0n) is 18.5. The molecule has 26 heavy (non-hydrogen) atoms. The Morgan fingerprint density at radius 2 is 1.35 bits per heavy atom. The maximum absolute atomic E-state index is 9.28. The monoisotopic (exact) mass is 412 g/mol. The Morgan fingerprint density at radius 1 is 0.885 bits per heavy atom. The van der Waals surface area contributed by atoms with E-state index in [4.69, 9.17) is 0 Å². The number of hydrogen-bond donors (Lipinski definition) is 0. The van der Waals surface area contributed by atoms with E-state index in [1.165, 1.54) is 64.2 Å². The van der Waals surface area contributed by atoms with E-state index in [0.717, 1.165) is 5.92 Å². The van der Waals surface area contributed by atoms with Crippen LogP contribution in [0.4, 0.5) is 0 Å². The standard InChI is InChI=1S/C16H33.C3H4O4.2K.Li/c1-5-8-10-12-13-15(4)16(7-3)14-11-9-6-2;4-2(5)1-3(6)7;;;/h16H,5-14H2,1-4H3;1H2,(H,4,5)(H,6,7);;;/q;;2*+1;/p-2. The van der Waals surface area contributed by atoms with Gasteiger partial charge in [0.05, 0.1) is 0 Å². The Hall–Kier alpha value is 2.81. The quantitative estimate of drug-likeness (QED) is 0.181. The van der Waals surface area contributed by atoms with Crippen LogP contribution >= 0.6 is 0 Å². The molecule has 0 saturated heterocycles. The number of carboxylic acids is 2. The molecule has 4 nitrogen and oxygen atoms in total. The van der Waals surface area contributed by atoms with Gasteiger partial charge in [-0.1, -0.05) is 0 Å². The fourth-order valence-corrected chi connectivity index (χ4v) is 3.12. The number of carbonyl (C=O) groups excluding carboxylic acids is 2. The van der Waals surface area contributed by atoms with Gasteiger partial charge in [0.2, 0.25) is 0 Å². The summed E-state index contributed by atoms with van der Waals surface area (Å²) in [6.45, 7) is 9.48. The van der Waals surface area contributed by atoms with Gasteiger partial charge >= 0.3 is 222 Å². The first-order valence-electron chi connectivity index (χ1n) is 9.60. The van der Waals surface area contributed by atoms with Crippen molar-refractivity contribution >= 4 is 29.7 Å². The molecule has 0 spiro atoms. The molecular formula is C19H35K2LiO4. The Labute approximate surface area is 255 Å². The van der Waals surface area contributed by atoms with Crippen LogP contribution in [0.1, 0.15) is 98.3 Å². The number of carbonyl (C=O) groups is 2. The van der Waals surface area contributed by atoms with Crippen LogP contribution in [0.3, 0.4) is 0 Å². The average Bonchev–Trinajstić information content (AvgIpc) is 2.47. The Balaban J connectivity index is -0.000000230. The molecule has 0 aliphatic rings. The van der Waals surface area contributed by atoms with Crippen molar-refractivity contribution in [3.63, 3.8) is 0 Å². The van der Waals surface area contributed by atoms with E-state index >= 15 is 0 Å². The van der Waals surface area contributed by atoms with Gasteiger partial charge in [0.25, 0.3) is 0 Å². The van der Waals surface area contributed by atoms with Crippen molar-refractivity contribution in [1.29, 1.82) is 0 Å². The summed E-state index contributed by atoms with van der Waals surface area (Å²) < 4.78 is 0.566. The third-order valence-electron chi connectivity index (χ3n) is 4.72. The molecule has 0 saturated carbocycles. The van der Waals surface area contributed by atoms with Crippen LogP contribution in [0.2, 0.25) is 4.09 Å². The number of aliphatic carboxylic acids is 2. The number of hydrogen-bond acceptors (Lipinski definition) is 4. The summed E-state index contributed by atoms with van der Waals surface area (Å²) in [4.78, 5) is 18.6. The fourth-order valence-electron chi connectivity index (χ4n) is 3.12. The third-order valence-corrected chi connectivity index (χ3v) is 4.72. The molecular weight excluding hydrogens is 377 g/mol. The van der Waals surface area contributed by atoms with Crippen LogP contribution < -0.4 is 113 Å². The Kier molecular flexibility index (Phi) is 33.5. The van der Waals surface area contributed by atoms with Gasteiger partial charge in [-0.05, 0) is 0 Å². The van der Waals surface area contributed by atoms with Crippen LogP contribution in [0.25, 0.3) is 0 Å². The summed E-state index contributed by atoms with van der Waals surface area (Å²) in [6, 6.07) is 0. The summed E-state index contributed by atoms with van der Waals surface area (Å²) >= 11 is 2.50. The maximum atomic E-state index is 9.28. The van der Waals surface area contributed by atoms with E-state index in [1.807, 2.05) is 0 Å². The van der Waals surface area contributed by atoms with Gasteiger partial charge in [0.15, 0.2) is 0 Å². The molecule has 0 radical (unpaired) electrons. The third kappa shape index (κ3) is 24.8. The summed E-state index contributed by atoms with van der Waals surface area (Å²) in [5, 5.41) is 18.6. The molecule has 138 valence electrons. The number of carboxylic acid groups (broad SMARTS) is 2. The summed E-state index contributed by atoms with van der Waals surface area (Å²) in [5.74, 6) is -2.31. The molecule has 0 aromatic carbocycles. The molecule has 0 N–H and O–H groups in total. The zero-order chi connectivity index (χ0) is 19.0. The predicted octanol–water partition coefficient (Wildman–Crippen LogP) is -3.21. The van der Waals surface area contributed by atoms with Crippen molar-refractivity contribution in [2.75, 3.05) is 0 Å². The molecule has 2 unspecified atom stereocenters. The van der Waals surface area contributed by atoms with Gasteiger partial charge in [0.1, 0.15) is 0 Å². The first-order chi connectivity index (χ1) is 11.2. The molecule has 7 heteroatoms. The molecule has 0 amide bonds. The van der Waals surface area contributed by atoms with E-state index in [0.29, 0.717) is 4.09 Å². The number of rotatable bonds is 13. The van der Waals surface area contributed by atoms with Crippen molar-refractivity contribution in [3.05, 3.63) is 0 Å². The van der Waals surface area contributed by atoms with Gasteiger partial charge in [-0.2, -0.15) is 0 Å². The van der Waals surface area contributed by atoms with E-state index < -0.39 is 18.4 Å². The van der Waals surface area contributed by atoms with Crippen molar-refractivity contribution < 1.29 is 123 Å². The predicted molar refractivity (Wildman–Crippen MR) is 95.4 cm³/mol. The van der Waals surface area contributed by atoms with Gasteiger partial charge in [0, 0.05) is 18.4 Å². The van der Waals surface area contributed by atoms with Gasteiger partial charge in [-0.15, -0.1) is 0 Å². The Bertz CT molecular complexity index is 328. The van der Waals surface area contributed by atoms with Crippen LogP contribution in [0.5, 0.6) is 0 Å². The summed E-state index contributed by atoms with van der Waals surface area (Å²) in [6.07, 6.45) is 13.1. The summed E-state index contributed by atoms with van der Waals surface area (Å²) in [5.41, 5.74) is 0. The van der Waals surface area contributed by atoms with E-state index in [1.54, 1.807) is 0 Å². The molecule has 0 aliphatic carbocycles. The van der Waals surface area contributed by atoms with E-state index in [9.17, 15) is 19.8 Å².